The molecule has 0 aliphatic carbocycles. The zero-order valence-electron chi connectivity index (χ0n) is 14.8. The van der Waals surface area contributed by atoms with Crippen LogP contribution in [0.1, 0.15) is 27.5 Å². The van der Waals surface area contributed by atoms with Gasteiger partial charge in [-0.05, 0) is 30.7 Å². The molecule has 1 amide bonds. The summed E-state index contributed by atoms with van der Waals surface area (Å²) in [4.78, 5) is 19.3. The van der Waals surface area contributed by atoms with Gasteiger partial charge in [-0.2, -0.15) is 0 Å². The Bertz CT molecular complexity index is 724. The van der Waals surface area contributed by atoms with Gasteiger partial charge in [-0.3, -0.25) is 9.78 Å². The van der Waals surface area contributed by atoms with Crippen molar-refractivity contribution in [3.8, 4) is 11.5 Å². The molecule has 0 radical (unpaired) electrons. The number of hydrogen-bond acceptors (Lipinski definition) is 5. The molecule has 1 aliphatic heterocycles. The number of aromatic nitrogens is 1. The molecule has 132 valence electrons. The second-order valence-electron chi connectivity index (χ2n) is 6.01. The van der Waals surface area contributed by atoms with E-state index >= 15 is 0 Å². The van der Waals surface area contributed by atoms with Crippen LogP contribution in [0, 0.1) is 6.92 Å². The molecule has 1 aliphatic rings. The summed E-state index contributed by atoms with van der Waals surface area (Å²) in [5.41, 5.74) is 2.47. The number of benzene rings is 1. The Morgan fingerprint density at radius 2 is 2.00 bits per heavy atom. The maximum absolute atomic E-state index is 13.2. The standard InChI is InChI=1S/C19H23N3O3/c1-13-17(24-2)9-15(10-18(13)25-3)19(23)22-8-7-21-12-16(22)14-5-4-6-20-11-14/h4-6,9-11,16,21H,7-8,12H2,1-3H3. The second kappa shape index (κ2) is 7.53. The Hall–Kier alpha value is -2.60. The number of nitrogens with zero attached hydrogens (tertiary/aromatic N) is 2. The number of pyridine rings is 1. The van der Waals surface area contributed by atoms with Gasteiger partial charge in [-0.15, -0.1) is 0 Å². The lowest BCUT2D eigenvalue weighted by Gasteiger charge is -2.36. The fourth-order valence-corrected chi connectivity index (χ4v) is 3.19. The predicted molar refractivity (Wildman–Crippen MR) is 95.2 cm³/mol. The summed E-state index contributed by atoms with van der Waals surface area (Å²) in [6.07, 6.45) is 3.55. The Labute approximate surface area is 147 Å². The normalized spacial score (nSPS) is 17.2. The van der Waals surface area contributed by atoms with Crippen LogP contribution in [0.3, 0.4) is 0 Å². The molecule has 3 rings (SSSR count). The van der Waals surface area contributed by atoms with Gasteiger partial charge in [0.1, 0.15) is 11.5 Å². The number of methoxy groups -OCH3 is 2. The van der Waals surface area contributed by atoms with Crippen LogP contribution in [0.25, 0.3) is 0 Å². The van der Waals surface area contributed by atoms with Crippen LogP contribution >= 0.6 is 0 Å². The number of carbonyl (C=O) groups is 1. The predicted octanol–water partition coefficient (Wildman–Crippen LogP) is 2.19. The van der Waals surface area contributed by atoms with Gasteiger partial charge < -0.3 is 19.7 Å². The van der Waals surface area contributed by atoms with Crippen LogP contribution in [0.4, 0.5) is 0 Å². The number of nitrogens with one attached hydrogen (secondary N) is 1. The maximum Gasteiger partial charge on any atom is 0.254 e. The number of amides is 1. The average molecular weight is 341 g/mol. The van der Waals surface area contributed by atoms with Crippen LogP contribution in [-0.2, 0) is 0 Å². The monoisotopic (exact) mass is 341 g/mol. The minimum atomic E-state index is -0.0479. The molecule has 6 heteroatoms. The number of hydrogen-bond donors (Lipinski definition) is 1. The Morgan fingerprint density at radius 1 is 1.28 bits per heavy atom. The van der Waals surface area contributed by atoms with E-state index in [4.69, 9.17) is 9.47 Å². The number of ether oxygens (including phenoxy) is 2. The third-order valence-electron chi connectivity index (χ3n) is 4.57. The zero-order valence-corrected chi connectivity index (χ0v) is 14.8. The highest BCUT2D eigenvalue weighted by molar-refractivity contribution is 5.95. The minimum absolute atomic E-state index is 0.0352. The molecular formula is C19H23N3O3. The molecular weight excluding hydrogens is 318 g/mol. The summed E-state index contributed by atoms with van der Waals surface area (Å²) < 4.78 is 10.8. The Kier molecular flexibility index (Phi) is 5.19. The van der Waals surface area contributed by atoms with Gasteiger partial charge in [-0.1, -0.05) is 6.07 Å². The van der Waals surface area contributed by atoms with E-state index in [9.17, 15) is 4.79 Å². The van der Waals surface area contributed by atoms with Crippen LogP contribution in [0.2, 0.25) is 0 Å². The van der Waals surface area contributed by atoms with Gasteiger partial charge in [0.15, 0.2) is 0 Å². The fourth-order valence-electron chi connectivity index (χ4n) is 3.19. The van der Waals surface area contributed by atoms with Crippen molar-refractivity contribution in [2.75, 3.05) is 33.9 Å². The Balaban J connectivity index is 1.95. The molecule has 2 aromatic rings. The SMILES string of the molecule is COc1cc(C(=O)N2CCNCC2c2cccnc2)cc(OC)c1C. The third kappa shape index (κ3) is 3.44. The van der Waals surface area contributed by atoms with Crippen molar-refractivity contribution in [1.82, 2.24) is 15.2 Å². The first-order valence-corrected chi connectivity index (χ1v) is 8.30. The van der Waals surface area contributed by atoms with Gasteiger partial charge in [0.05, 0.1) is 20.3 Å². The summed E-state index contributed by atoms with van der Waals surface area (Å²) in [5.74, 6) is 1.26. The van der Waals surface area contributed by atoms with Gasteiger partial charge >= 0.3 is 0 Å². The van der Waals surface area contributed by atoms with E-state index in [1.165, 1.54) is 0 Å². The van der Waals surface area contributed by atoms with E-state index in [1.807, 2.05) is 30.2 Å². The van der Waals surface area contributed by atoms with Crippen molar-refractivity contribution in [2.45, 2.75) is 13.0 Å². The first-order valence-electron chi connectivity index (χ1n) is 8.30. The molecule has 1 aromatic heterocycles. The van der Waals surface area contributed by atoms with Crippen molar-refractivity contribution >= 4 is 5.91 Å². The molecule has 1 N–H and O–H groups in total. The quantitative estimate of drug-likeness (QED) is 0.924. The fraction of sp³-hybridized carbons (Fsp3) is 0.368. The molecule has 1 saturated heterocycles. The molecule has 1 aromatic carbocycles. The minimum Gasteiger partial charge on any atom is -0.496 e. The highest BCUT2D eigenvalue weighted by Crippen LogP contribution is 2.31. The van der Waals surface area contributed by atoms with Crippen LogP contribution in [0.15, 0.2) is 36.7 Å². The lowest BCUT2D eigenvalue weighted by molar-refractivity contribution is 0.0633. The Morgan fingerprint density at radius 3 is 2.60 bits per heavy atom. The van der Waals surface area contributed by atoms with E-state index in [-0.39, 0.29) is 11.9 Å². The number of rotatable bonds is 4. The molecule has 25 heavy (non-hydrogen) atoms. The van der Waals surface area contributed by atoms with Crippen molar-refractivity contribution in [3.63, 3.8) is 0 Å². The van der Waals surface area contributed by atoms with Gasteiger partial charge in [0.2, 0.25) is 0 Å². The molecule has 2 heterocycles. The van der Waals surface area contributed by atoms with Gasteiger partial charge in [0.25, 0.3) is 5.91 Å². The summed E-state index contributed by atoms with van der Waals surface area (Å²) in [6, 6.07) is 7.41. The number of piperazine rings is 1. The average Bonchev–Trinajstić information content (AvgIpc) is 2.68. The largest absolute Gasteiger partial charge is 0.496 e. The highest BCUT2D eigenvalue weighted by atomic mass is 16.5. The topological polar surface area (TPSA) is 63.7 Å². The summed E-state index contributed by atoms with van der Waals surface area (Å²) in [7, 11) is 3.19. The summed E-state index contributed by atoms with van der Waals surface area (Å²) >= 11 is 0. The lowest BCUT2D eigenvalue weighted by atomic mass is 10.0. The van der Waals surface area contributed by atoms with Crippen molar-refractivity contribution in [3.05, 3.63) is 53.3 Å². The van der Waals surface area contributed by atoms with Crippen LogP contribution < -0.4 is 14.8 Å². The molecule has 1 unspecified atom stereocenters. The summed E-state index contributed by atoms with van der Waals surface area (Å²) in [6.45, 7) is 4.02. The molecule has 0 bridgehead atoms. The van der Waals surface area contributed by atoms with Crippen molar-refractivity contribution in [2.24, 2.45) is 0 Å². The van der Waals surface area contributed by atoms with Crippen molar-refractivity contribution in [1.29, 1.82) is 0 Å². The first kappa shape index (κ1) is 17.2. The van der Waals surface area contributed by atoms with Crippen LogP contribution in [-0.4, -0.2) is 49.6 Å². The zero-order chi connectivity index (χ0) is 17.8. The van der Waals surface area contributed by atoms with E-state index in [0.717, 1.165) is 17.7 Å². The second-order valence-corrected chi connectivity index (χ2v) is 6.01. The van der Waals surface area contributed by atoms with Crippen LogP contribution in [0.5, 0.6) is 11.5 Å². The highest BCUT2D eigenvalue weighted by Gasteiger charge is 2.29. The maximum atomic E-state index is 13.2. The third-order valence-corrected chi connectivity index (χ3v) is 4.57. The first-order chi connectivity index (χ1) is 12.2. The lowest BCUT2D eigenvalue weighted by Crippen LogP contribution is -2.48. The molecule has 6 nitrogen and oxygen atoms in total. The number of carbonyl (C=O) groups excluding carboxylic acids is 1. The molecule has 0 saturated carbocycles. The molecule has 1 atom stereocenters. The van der Waals surface area contributed by atoms with Gasteiger partial charge in [0, 0.05) is 43.2 Å². The molecule has 0 spiro atoms. The van der Waals surface area contributed by atoms with E-state index in [1.54, 1.807) is 32.5 Å². The molecule has 1 fully saturated rings. The summed E-state index contributed by atoms with van der Waals surface area (Å²) in [5, 5.41) is 3.35. The van der Waals surface area contributed by atoms with Crippen molar-refractivity contribution < 1.29 is 14.3 Å². The van der Waals surface area contributed by atoms with E-state index in [0.29, 0.717) is 30.2 Å². The van der Waals surface area contributed by atoms with E-state index in [2.05, 4.69) is 10.3 Å². The van der Waals surface area contributed by atoms with E-state index < -0.39 is 0 Å². The van der Waals surface area contributed by atoms with Gasteiger partial charge in [-0.25, -0.2) is 0 Å². The smallest absolute Gasteiger partial charge is 0.254 e.